The number of aromatic nitrogens is 3. The molecule has 0 amide bonds. The number of nitro benzene ring substituents is 1. The topological polar surface area (TPSA) is 100 Å². The van der Waals surface area contributed by atoms with Gasteiger partial charge in [-0.2, -0.15) is 4.68 Å². The normalized spacial score (nSPS) is 10.7. The van der Waals surface area contributed by atoms with E-state index >= 15 is 0 Å². The van der Waals surface area contributed by atoms with Crippen LogP contribution >= 0.6 is 0 Å². The highest BCUT2D eigenvalue weighted by Crippen LogP contribution is 2.27. The minimum Gasteiger partial charge on any atom is -0.464 e. The van der Waals surface area contributed by atoms with Crippen molar-refractivity contribution >= 4 is 16.6 Å². The molecule has 8 nitrogen and oxygen atoms in total. The average Bonchev–Trinajstić information content (AvgIpc) is 2.54. The highest BCUT2D eigenvalue weighted by Gasteiger charge is 2.16. The molecule has 1 aromatic heterocycles. The van der Waals surface area contributed by atoms with Crippen LogP contribution in [-0.2, 0) is 6.73 Å². The number of ether oxygens (including phenoxy) is 1. The van der Waals surface area contributed by atoms with Crippen LogP contribution < -0.4 is 10.3 Å². The summed E-state index contributed by atoms with van der Waals surface area (Å²) in [4.78, 5) is 22.4. The number of hydrogen-bond acceptors (Lipinski definition) is 6. The maximum atomic E-state index is 13.2. The van der Waals surface area contributed by atoms with E-state index in [-0.39, 0.29) is 5.75 Å². The van der Waals surface area contributed by atoms with E-state index in [1.54, 1.807) is 24.3 Å². The zero-order valence-corrected chi connectivity index (χ0v) is 11.5. The zero-order chi connectivity index (χ0) is 16.4. The van der Waals surface area contributed by atoms with Gasteiger partial charge in [-0.1, -0.05) is 17.3 Å². The molecule has 0 aliphatic heterocycles. The fraction of sp³-hybridized carbons (Fsp3) is 0.0714. The Hall–Kier alpha value is -3.36. The first-order valence-electron chi connectivity index (χ1n) is 6.45. The molecule has 1 heterocycles. The number of hydrogen-bond donors (Lipinski definition) is 0. The van der Waals surface area contributed by atoms with Gasteiger partial charge < -0.3 is 4.74 Å². The summed E-state index contributed by atoms with van der Waals surface area (Å²) < 4.78 is 19.3. The molecule has 23 heavy (non-hydrogen) atoms. The lowest BCUT2D eigenvalue weighted by Gasteiger charge is -2.08. The Labute approximate surface area is 127 Å². The minimum absolute atomic E-state index is 0.295. The first-order chi connectivity index (χ1) is 11.1. The van der Waals surface area contributed by atoms with E-state index in [0.717, 1.165) is 22.9 Å². The predicted molar refractivity (Wildman–Crippen MR) is 77.5 cm³/mol. The molecule has 0 aliphatic rings. The summed E-state index contributed by atoms with van der Waals surface area (Å²) in [5, 5.41) is 18.8. The summed E-state index contributed by atoms with van der Waals surface area (Å²) in [6, 6.07) is 9.41. The molecule has 0 unspecified atom stereocenters. The molecule has 0 bridgehead atoms. The largest absolute Gasteiger partial charge is 0.464 e. The second-order valence-corrected chi connectivity index (χ2v) is 4.55. The number of benzene rings is 2. The third kappa shape index (κ3) is 2.84. The second-order valence-electron chi connectivity index (χ2n) is 4.55. The van der Waals surface area contributed by atoms with Crippen molar-refractivity contribution in [3.63, 3.8) is 0 Å². The lowest BCUT2D eigenvalue weighted by molar-refractivity contribution is -0.386. The Kier molecular flexibility index (Phi) is 3.67. The quantitative estimate of drug-likeness (QED) is 0.538. The van der Waals surface area contributed by atoms with Gasteiger partial charge in [0, 0.05) is 12.1 Å². The van der Waals surface area contributed by atoms with E-state index in [1.165, 1.54) is 0 Å². The SMILES string of the molecule is O=c1c2ccccc2nnn1COc1cc(F)ccc1[N+](=O)[O-]. The molecule has 0 atom stereocenters. The smallest absolute Gasteiger partial charge is 0.311 e. The molecule has 3 rings (SSSR count). The van der Waals surface area contributed by atoms with Crippen LogP contribution in [0.15, 0.2) is 47.3 Å². The van der Waals surface area contributed by atoms with Crippen LogP contribution in [0.4, 0.5) is 10.1 Å². The van der Waals surface area contributed by atoms with Gasteiger partial charge in [0.25, 0.3) is 5.56 Å². The highest BCUT2D eigenvalue weighted by atomic mass is 19.1. The van der Waals surface area contributed by atoms with Crippen molar-refractivity contribution in [3.8, 4) is 5.75 Å². The molecule has 0 N–H and O–H groups in total. The minimum atomic E-state index is -0.705. The van der Waals surface area contributed by atoms with E-state index in [1.807, 2.05) is 0 Å². The predicted octanol–water partition coefficient (Wildman–Crippen LogP) is 1.88. The molecule has 0 saturated heterocycles. The monoisotopic (exact) mass is 316 g/mol. The number of nitrogens with zero attached hydrogens (tertiary/aromatic N) is 4. The van der Waals surface area contributed by atoms with Gasteiger partial charge in [-0.3, -0.25) is 14.9 Å². The van der Waals surface area contributed by atoms with Crippen LogP contribution in [0.1, 0.15) is 0 Å². The number of nitro groups is 1. The van der Waals surface area contributed by atoms with Gasteiger partial charge in [-0.05, 0) is 18.2 Å². The Balaban J connectivity index is 1.93. The Morgan fingerprint density at radius 2 is 2.04 bits per heavy atom. The average molecular weight is 316 g/mol. The fourth-order valence-corrected chi connectivity index (χ4v) is 1.99. The standard InChI is InChI=1S/C14H9FN4O4/c15-9-5-6-12(19(21)22)13(7-9)23-8-18-14(20)10-3-1-2-4-11(10)16-17-18/h1-7H,8H2. The summed E-state index contributed by atoms with van der Waals surface area (Å²) in [5.74, 6) is -0.987. The van der Waals surface area contributed by atoms with Gasteiger partial charge in [-0.15, -0.1) is 5.10 Å². The van der Waals surface area contributed by atoms with E-state index in [4.69, 9.17) is 4.74 Å². The molecule has 0 fully saturated rings. The fourth-order valence-electron chi connectivity index (χ4n) is 1.99. The molecular weight excluding hydrogens is 307 g/mol. The van der Waals surface area contributed by atoms with Gasteiger partial charge >= 0.3 is 5.69 Å². The van der Waals surface area contributed by atoms with E-state index in [9.17, 15) is 19.3 Å². The van der Waals surface area contributed by atoms with Crippen molar-refractivity contribution in [1.29, 1.82) is 0 Å². The molecule has 2 aromatic carbocycles. The number of rotatable bonds is 4. The van der Waals surface area contributed by atoms with Gasteiger partial charge in [-0.25, -0.2) is 4.39 Å². The van der Waals surface area contributed by atoms with Gasteiger partial charge in [0.2, 0.25) is 5.75 Å². The molecule has 3 aromatic rings. The van der Waals surface area contributed by atoms with Gasteiger partial charge in [0.05, 0.1) is 10.3 Å². The maximum Gasteiger partial charge on any atom is 0.311 e. The Bertz CT molecular complexity index is 957. The first-order valence-corrected chi connectivity index (χ1v) is 6.45. The van der Waals surface area contributed by atoms with Gasteiger partial charge in [0.1, 0.15) is 11.3 Å². The molecule has 0 radical (unpaired) electrons. The molecule has 116 valence electrons. The molecule has 0 saturated carbocycles. The van der Waals surface area contributed by atoms with Crippen LogP contribution in [0.3, 0.4) is 0 Å². The lowest BCUT2D eigenvalue weighted by atomic mass is 10.2. The lowest BCUT2D eigenvalue weighted by Crippen LogP contribution is -2.26. The highest BCUT2D eigenvalue weighted by molar-refractivity contribution is 5.76. The van der Waals surface area contributed by atoms with E-state index < -0.39 is 28.7 Å². The number of fused-ring (bicyclic) bond motifs is 1. The second kappa shape index (κ2) is 5.79. The number of halogens is 1. The van der Waals surface area contributed by atoms with Crippen molar-refractivity contribution < 1.29 is 14.1 Å². The molecule has 9 heteroatoms. The van der Waals surface area contributed by atoms with Crippen molar-refractivity contribution in [1.82, 2.24) is 15.0 Å². The van der Waals surface area contributed by atoms with Crippen molar-refractivity contribution in [3.05, 3.63) is 68.7 Å². The third-order valence-electron chi connectivity index (χ3n) is 3.09. The first kappa shape index (κ1) is 14.6. The van der Waals surface area contributed by atoms with Crippen LogP contribution in [0.5, 0.6) is 5.75 Å². The van der Waals surface area contributed by atoms with Crippen molar-refractivity contribution in [2.45, 2.75) is 6.73 Å². The van der Waals surface area contributed by atoms with E-state index in [2.05, 4.69) is 10.3 Å². The summed E-state index contributed by atoms with van der Waals surface area (Å²) in [5.41, 5.74) is -0.451. The summed E-state index contributed by atoms with van der Waals surface area (Å²) in [6.45, 7) is -0.430. The Morgan fingerprint density at radius 1 is 1.26 bits per heavy atom. The Morgan fingerprint density at radius 3 is 2.83 bits per heavy atom. The molecule has 0 aliphatic carbocycles. The zero-order valence-electron chi connectivity index (χ0n) is 11.5. The van der Waals surface area contributed by atoms with Gasteiger partial charge in [0.15, 0.2) is 6.73 Å². The van der Waals surface area contributed by atoms with E-state index in [0.29, 0.717) is 10.9 Å². The van der Waals surface area contributed by atoms with Crippen LogP contribution in [-0.4, -0.2) is 19.9 Å². The molecular formula is C14H9FN4O4. The summed E-state index contributed by atoms with van der Waals surface area (Å²) in [7, 11) is 0. The van der Waals surface area contributed by atoms with Crippen LogP contribution in [0.25, 0.3) is 10.9 Å². The van der Waals surface area contributed by atoms with Crippen LogP contribution in [0, 0.1) is 15.9 Å². The van der Waals surface area contributed by atoms with Crippen molar-refractivity contribution in [2.24, 2.45) is 0 Å². The van der Waals surface area contributed by atoms with Crippen molar-refractivity contribution in [2.75, 3.05) is 0 Å². The molecule has 0 spiro atoms. The van der Waals surface area contributed by atoms with Crippen LogP contribution in [0.2, 0.25) is 0 Å². The summed E-state index contributed by atoms with van der Waals surface area (Å²) in [6.07, 6.45) is 0. The summed E-state index contributed by atoms with van der Waals surface area (Å²) >= 11 is 0. The maximum absolute atomic E-state index is 13.2. The third-order valence-corrected chi connectivity index (χ3v) is 3.09.